The topological polar surface area (TPSA) is 45.6 Å². The number of aromatic nitrogens is 2. The van der Waals surface area contributed by atoms with Crippen LogP contribution in [-0.2, 0) is 4.74 Å². The summed E-state index contributed by atoms with van der Waals surface area (Å²) in [6, 6.07) is 17.5. The summed E-state index contributed by atoms with van der Waals surface area (Å²) in [4.78, 5) is 9.43. The van der Waals surface area contributed by atoms with Crippen LogP contribution in [0.15, 0.2) is 54.7 Å². The fourth-order valence-corrected chi connectivity index (χ4v) is 5.77. The second-order valence-electron chi connectivity index (χ2n) is 9.95. The van der Waals surface area contributed by atoms with Gasteiger partial charge in [-0.25, -0.2) is 0 Å². The van der Waals surface area contributed by atoms with Crippen molar-refractivity contribution < 1.29 is 4.74 Å². The van der Waals surface area contributed by atoms with Gasteiger partial charge in [-0.2, -0.15) is 0 Å². The Labute approximate surface area is 213 Å². The Morgan fingerprint density at radius 1 is 1.06 bits per heavy atom. The van der Waals surface area contributed by atoms with Crippen molar-refractivity contribution in [3.05, 3.63) is 77.4 Å². The molecule has 0 saturated carbocycles. The third-order valence-electron chi connectivity index (χ3n) is 7.03. The van der Waals surface area contributed by atoms with Crippen LogP contribution >= 0.6 is 12.2 Å². The second-order valence-corrected chi connectivity index (χ2v) is 10.3. The molecule has 5 rings (SSSR count). The minimum atomic E-state index is 0.0140. The number of nitrogens with zero attached hydrogens (tertiary/aromatic N) is 4. The van der Waals surface area contributed by atoms with Crippen molar-refractivity contribution >= 4 is 23.0 Å². The zero-order valence-electron chi connectivity index (χ0n) is 21.1. The molecule has 2 aliphatic heterocycles. The molecule has 0 aliphatic carbocycles. The van der Waals surface area contributed by atoms with Crippen LogP contribution in [0.3, 0.4) is 0 Å². The Hall–Kier alpha value is -2.90. The first-order valence-electron chi connectivity index (χ1n) is 12.5. The lowest BCUT2D eigenvalue weighted by atomic mass is 9.96. The highest BCUT2D eigenvalue weighted by Crippen LogP contribution is 2.41. The molecule has 4 heterocycles. The third-order valence-corrected chi connectivity index (χ3v) is 7.39. The first kappa shape index (κ1) is 23.8. The lowest BCUT2D eigenvalue weighted by Crippen LogP contribution is -2.36. The minimum Gasteiger partial charge on any atom is -0.378 e. The van der Waals surface area contributed by atoms with E-state index in [0.29, 0.717) is 5.92 Å². The Morgan fingerprint density at radius 2 is 1.77 bits per heavy atom. The summed E-state index contributed by atoms with van der Waals surface area (Å²) in [7, 11) is 0. The van der Waals surface area contributed by atoms with Crippen LogP contribution in [0, 0.1) is 19.8 Å². The standard InChI is InChI=1S/C28H35N5OS/c1-19(2)18-32-27(26(30-28(32)35)25-7-5-6-12-29-25)24-17-20(3)33(21(24)4)23-10-8-22(9-11-23)31-13-15-34-16-14-31/h5-12,17,19,26-27H,13-16,18H2,1-4H3,(H,30,35)/t26-,27+/m0/s1. The second kappa shape index (κ2) is 9.99. The predicted octanol–water partition coefficient (Wildman–Crippen LogP) is 4.95. The van der Waals surface area contributed by atoms with Gasteiger partial charge < -0.3 is 24.4 Å². The number of hydrogen-bond acceptors (Lipinski definition) is 4. The Balaban J connectivity index is 1.51. The molecule has 184 valence electrons. The molecular formula is C28H35N5OS. The van der Waals surface area contributed by atoms with Crippen molar-refractivity contribution in [3.63, 3.8) is 0 Å². The van der Waals surface area contributed by atoms with Crippen molar-refractivity contribution in [2.45, 2.75) is 39.8 Å². The molecule has 6 nitrogen and oxygen atoms in total. The van der Waals surface area contributed by atoms with Crippen LogP contribution in [0.4, 0.5) is 5.69 Å². The van der Waals surface area contributed by atoms with E-state index < -0.39 is 0 Å². The van der Waals surface area contributed by atoms with E-state index >= 15 is 0 Å². The lowest BCUT2D eigenvalue weighted by Gasteiger charge is -2.29. The van der Waals surface area contributed by atoms with Crippen molar-refractivity contribution in [1.82, 2.24) is 19.8 Å². The zero-order chi connectivity index (χ0) is 24.5. The molecule has 2 saturated heterocycles. The third kappa shape index (κ3) is 4.67. The van der Waals surface area contributed by atoms with Crippen LogP contribution in [-0.4, -0.2) is 52.4 Å². The maximum atomic E-state index is 5.83. The van der Waals surface area contributed by atoms with Gasteiger partial charge in [0, 0.05) is 48.6 Å². The van der Waals surface area contributed by atoms with Gasteiger partial charge in [0.1, 0.15) is 0 Å². The number of hydrogen-bond donors (Lipinski definition) is 1. The van der Waals surface area contributed by atoms with Crippen LogP contribution < -0.4 is 10.2 Å². The van der Waals surface area contributed by atoms with Gasteiger partial charge in [0.2, 0.25) is 0 Å². The summed E-state index contributed by atoms with van der Waals surface area (Å²) in [5.74, 6) is 0.496. The molecular weight excluding hydrogens is 454 g/mol. The van der Waals surface area contributed by atoms with Crippen LogP contribution in [0.2, 0.25) is 0 Å². The largest absolute Gasteiger partial charge is 0.378 e. The van der Waals surface area contributed by atoms with Crippen LogP contribution in [0.1, 0.15) is 48.6 Å². The van der Waals surface area contributed by atoms with Crippen LogP contribution in [0.5, 0.6) is 0 Å². The Morgan fingerprint density at radius 3 is 2.43 bits per heavy atom. The number of nitrogens with one attached hydrogen (secondary N) is 1. The molecule has 35 heavy (non-hydrogen) atoms. The number of morpholine rings is 1. The molecule has 2 atom stereocenters. The predicted molar refractivity (Wildman–Crippen MR) is 145 cm³/mol. The lowest BCUT2D eigenvalue weighted by molar-refractivity contribution is 0.122. The minimum absolute atomic E-state index is 0.0140. The van der Waals surface area contributed by atoms with E-state index in [-0.39, 0.29) is 12.1 Å². The normalized spacial score (nSPS) is 20.5. The van der Waals surface area contributed by atoms with E-state index in [1.54, 1.807) is 0 Å². The van der Waals surface area contributed by atoms with Gasteiger partial charge in [-0.15, -0.1) is 0 Å². The first-order chi connectivity index (χ1) is 16.9. The summed E-state index contributed by atoms with van der Waals surface area (Å²) < 4.78 is 7.87. The van der Waals surface area contributed by atoms with Crippen molar-refractivity contribution in [2.24, 2.45) is 5.92 Å². The maximum absolute atomic E-state index is 5.83. The first-order valence-corrected chi connectivity index (χ1v) is 12.9. The number of ether oxygens (including phenoxy) is 1. The van der Waals surface area contributed by atoms with Crippen molar-refractivity contribution in [1.29, 1.82) is 0 Å². The number of thiocarbonyl (C=S) groups is 1. The molecule has 0 spiro atoms. The highest BCUT2D eigenvalue weighted by molar-refractivity contribution is 7.80. The fourth-order valence-electron chi connectivity index (χ4n) is 5.45. The van der Waals surface area contributed by atoms with E-state index in [0.717, 1.165) is 43.7 Å². The maximum Gasteiger partial charge on any atom is 0.170 e. The summed E-state index contributed by atoms with van der Waals surface area (Å²) in [6.07, 6.45) is 1.86. The average Bonchev–Trinajstić information content (AvgIpc) is 3.34. The van der Waals surface area contributed by atoms with Gasteiger partial charge in [0.05, 0.1) is 31.0 Å². The van der Waals surface area contributed by atoms with E-state index in [2.05, 4.69) is 94.8 Å². The van der Waals surface area contributed by atoms with Gasteiger partial charge in [-0.05, 0) is 80.0 Å². The van der Waals surface area contributed by atoms with Crippen LogP contribution in [0.25, 0.3) is 5.69 Å². The smallest absolute Gasteiger partial charge is 0.170 e. The molecule has 2 aromatic heterocycles. The summed E-state index contributed by atoms with van der Waals surface area (Å²) >= 11 is 5.83. The Bertz CT molecular complexity index is 1170. The number of pyridine rings is 1. The highest BCUT2D eigenvalue weighted by Gasteiger charge is 2.41. The molecule has 1 N–H and O–H groups in total. The summed E-state index contributed by atoms with van der Waals surface area (Å²) in [5.41, 5.74) is 7.21. The molecule has 1 aromatic carbocycles. The molecule has 3 aromatic rings. The monoisotopic (exact) mass is 489 g/mol. The molecule has 0 unspecified atom stereocenters. The molecule has 7 heteroatoms. The molecule has 2 fully saturated rings. The van der Waals surface area contributed by atoms with E-state index in [9.17, 15) is 0 Å². The SMILES string of the molecule is Cc1cc([C@@H]2[C@H](c3ccccn3)NC(=S)N2CC(C)C)c(C)n1-c1ccc(N2CCOCC2)cc1. The van der Waals surface area contributed by atoms with Crippen molar-refractivity contribution in [3.8, 4) is 5.69 Å². The number of rotatable bonds is 6. The van der Waals surface area contributed by atoms with E-state index in [1.165, 1.54) is 28.3 Å². The van der Waals surface area contributed by atoms with Gasteiger partial charge in [-0.3, -0.25) is 4.98 Å². The summed E-state index contributed by atoms with van der Waals surface area (Å²) in [6.45, 7) is 13.3. The summed E-state index contributed by atoms with van der Waals surface area (Å²) in [5, 5.41) is 4.39. The number of anilines is 1. The quantitative estimate of drug-likeness (QED) is 0.494. The van der Waals surface area contributed by atoms with Gasteiger partial charge >= 0.3 is 0 Å². The number of aryl methyl sites for hydroxylation is 1. The highest BCUT2D eigenvalue weighted by atomic mass is 32.1. The average molecular weight is 490 g/mol. The van der Waals surface area contributed by atoms with Gasteiger partial charge in [0.25, 0.3) is 0 Å². The van der Waals surface area contributed by atoms with Gasteiger partial charge in [0.15, 0.2) is 5.11 Å². The zero-order valence-corrected chi connectivity index (χ0v) is 21.9. The Kier molecular flexibility index (Phi) is 6.80. The van der Waals surface area contributed by atoms with Crippen molar-refractivity contribution in [2.75, 3.05) is 37.7 Å². The molecule has 2 aliphatic rings. The van der Waals surface area contributed by atoms with E-state index in [4.69, 9.17) is 17.0 Å². The van der Waals surface area contributed by atoms with Gasteiger partial charge in [-0.1, -0.05) is 19.9 Å². The van der Waals surface area contributed by atoms with E-state index in [1.807, 2.05) is 12.3 Å². The molecule has 0 bridgehead atoms. The number of benzene rings is 1. The molecule has 0 radical (unpaired) electrons. The molecule has 0 amide bonds. The fraction of sp³-hybridized carbons (Fsp3) is 0.429.